The van der Waals surface area contributed by atoms with Gasteiger partial charge in [0.25, 0.3) is 0 Å². The number of imidazole rings is 1. The molecular weight excluding hydrogens is 405 g/mol. The molecule has 3 nitrogen and oxygen atoms in total. The van der Waals surface area contributed by atoms with Gasteiger partial charge in [0, 0.05) is 21.0 Å². The van der Waals surface area contributed by atoms with Crippen LogP contribution in [0.4, 0.5) is 4.39 Å². The predicted molar refractivity (Wildman–Crippen MR) is 110 cm³/mol. The highest BCUT2D eigenvalue weighted by Crippen LogP contribution is 2.32. The van der Waals surface area contributed by atoms with E-state index in [9.17, 15) is 4.39 Å². The fraction of sp³-hybridized carbons (Fsp3) is 0. The highest BCUT2D eigenvalue weighted by Gasteiger charge is 2.14. The summed E-state index contributed by atoms with van der Waals surface area (Å²) in [5.41, 5.74) is 5.16. The van der Waals surface area contributed by atoms with Crippen LogP contribution < -0.4 is 0 Å². The van der Waals surface area contributed by atoms with Crippen LogP contribution in [0.2, 0.25) is 0 Å². The van der Waals surface area contributed by atoms with E-state index in [1.807, 2.05) is 54.6 Å². The molecule has 0 saturated heterocycles. The van der Waals surface area contributed by atoms with Gasteiger partial charge < -0.3 is 4.98 Å². The van der Waals surface area contributed by atoms with Crippen LogP contribution in [-0.4, -0.2) is 15.0 Å². The second kappa shape index (κ2) is 6.28. The van der Waals surface area contributed by atoms with Crippen LogP contribution in [0.1, 0.15) is 0 Å². The molecule has 2 heterocycles. The number of hydrogen-bond donors (Lipinski definition) is 1. The third-order valence-electron chi connectivity index (χ3n) is 4.54. The summed E-state index contributed by atoms with van der Waals surface area (Å²) in [6.45, 7) is 0. The number of nitrogens with zero attached hydrogens (tertiary/aromatic N) is 2. The first-order valence-corrected chi connectivity index (χ1v) is 9.28. The fourth-order valence-electron chi connectivity index (χ4n) is 3.27. The number of benzene rings is 3. The number of nitrogens with one attached hydrogen (secondary N) is 1. The van der Waals surface area contributed by atoms with Crippen molar-refractivity contribution in [3.05, 3.63) is 83.1 Å². The molecule has 27 heavy (non-hydrogen) atoms. The lowest BCUT2D eigenvalue weighted by atomic mass is 10.0. The summed E-state index contributed by atoms with van der Waals surface area (Å²) in [5, 5.41) is 0.729. The number of H-pyrrole nitrogens is 1. The molecule has 0 aliphatic heterocycles. The van der Waals surface area contributed by atoms with Crippen molar-refractivity contribution in [1.29, 1.82) is 0 Å². The van der Waals surface area contributed by atoms with Gasteiger partial charge in [-0.05, 0) is 48.5 Å². The topological polar surface area (TPSA) is 41.6 Å². The molecule has 0 saturated carbocycles. The van der Waals surface area contributed by atoms with Crippen LogP contribution >= 0.6 is 15.9 Å². The Morgan fingerprint density at radius 3 is 2.56 bits per heavy atom. The van der Waals surface area contributed by atoms with Crippen LogP contribution in [0.5, 0.6) is 0 Å². The van der Waals surface area contributed by atoms with Gasteiger partial charge in [0.05, 0.1) is 22.2 Å². The van der Waals surface area contributed by atoms with Gasteiger partial charge in [-0.25, -0.2) is 14.4 Å². The molecule has 5 rings (SSSR count). The predicted octanol–water partition coefficient (Wildman–Crippen LogP) is 6.35. The van der Waals surface area contributed by atoms with Gasteiger partial charge in [-0.1, -0.05) is 40.2 Å². The summed E-state index contributed by atoms with van der Waals surface area (Å²) < 4.78 is 14.9. The van der Waals surface area contributed by atoms with Crippen molar-refractivity contribution in [2.24, 2.45) is 0 Å². The summed E-state index contributed by atoms with van der Waals surface area (Å²) in [6, 6.07) is 22.4. The molecule has 130 valence electrons. The molecule has 0 radical (unpaired) electrons. The minimum atomic E-state index is -0.295. The standard InChI is InChI=1S/C22H13BrFN3/c23-14-5-3-4-13(10-14)21-12-17(16-11-15(24)8-9-18(16)25-21)22-26-19-6-1-2-7-20(19)27-22/h1-12H,(H,26,27). The second-order valence-corrected chi connectivity index (χ2v) is 7.25. The number of para-hydroxylation sites is 2. The van der Waals surface area contributed by atoms with Crippen LogP contribution in [0.25, 0.3) is 44.6 Å². The van der Waals surface area contributed by atoms with E-state index in [1.165, 1.54) is 12.1 Å². The molecule has 0 bridgehead atoms. The highest BCUT2D eigenvalue weighted by molar-refractivity contribution is 9.10. The number of fused-ring (bicyclic) bond motifs is 2. The Labute approximate surface area is 163 Å². The lowest BCUT2D eigenvalue weighted by molar-refractivity contribution is 0.629. The van der Waals surface area contributed by atoms with Crippen LogP contribution in [-0.2, 0) is 0 Å². The Morgan fingerprint density at radius 2 is 1.70 bits per heavy atom. The van der Waals surface area contributed by atoms with E-state index < -0.39 is 0 Å². The van der Waals surface area contributed by atoms with Crippen molar-refractivity contribution in [2.45, 2.75) is 0 Å². The average Bonchev–Trinajstić information content (AvgIpc) is 3.11. The highest BCUT2D eigenvalue weighted by atomic mass is 79.9. The molecule has 0 spiro atoms. The minimum absolute atomic E-state index is 0.295. The lowest BCUT2D eigenvalue weighted by Gasteiger charge is -2.09. The SMILES string of the molecule is Fc1ccc2nc(-c3cccc(Br)c3)cc(-c3nc4ccccc4[nH]3)c2c1. The van der Waals surface area contributed by atoms with Gasteiger partial charge in [-0.15, -0.1) is 0 Å². The zero-order valence-corrected chi connectivity index (χ0v) is 15.7. The summed E-state index contributed by atoms with van der Waals surface area (Å²) in [6.07, 6.45) is 0. The Hall–Kier alpha value is -3.05. The molecule has 0 amide bonds. The van der Waals surface area contributed by atoms with E-state index in [4.69, 9.17) is 9.97 Å². The third-order valence-corrected chi connectivity index (χ3v) is 5.03. The molecule has 3 aromatic carbocycles. The largest absolute Gasteiger partial charge is 0.338 e. The van der Waals surface area contributed by atoms with Crippen molar-refractivity contribution in [3.63, 3.8) is 0 Å². The first kappa shape index (κ1) is 16.1. The van der Waals surface area contributed by atoms with Gasteiger partial charge in [0.15, 0.2) is 0 Å². The number of aromatic nitrogens is 3. The van der Waals surface area contributed by atoms with Gasteiger partial charge in [0.1, 0.15) is 11.6 Å². The Bertz CT molecular complexity index is 1280. The van der Waals surface area contributed by atoms with Crippen LogP contribution in [0.15, 0.2) is 77.3 Å². The van der Waals surface area contributed by atoms with Crippen LogP contribution in [0, 0.1) is 5.82 Å². The first-order chi connectivity index (χ1) is 13.2. The zero-order chi connectivity index (χ0) is 18.4. The number of rotatable bonds is 2. The normalized spacial score (nSPS) is 11.3. The molecule has 5 heteroatoms. The Kier molecular flexibility index (Phi) is 3.76. The maximum absolute atomic E-state index is 13.9. The van der Waals surface area contributed by atoms with Gasteiger partial charge in [-0.3, -0.25) is 0 Å². The number of pyridine rings is 1. The van der Waals surface area contributed by atoms with Crippen molar-refractivity contribution >= 4 is 37.9 Å². The summed E-state index contributed by atoms with van der Waals surface area (Å²) in [7, 11) is 0. The van der Waals surface area contributed by atoms with E-state index >= 15 is 0 Å². The fourth-order valence-corrected chi connectivity index (χ4v) is 3.67. The van der Waals surface area contributed by atoms with Crippen LogP contribution in [0.3, 0.4) is 0 Å². The monoisotopic (exact) mass is 417 g/mol. The molecule has 5 aromatic rings. The quantitative estimate of drug-likeness (QED) is 0.363. The summed E-state index contributed by atoms with van der Waals surface area (Å²) >= 11 is 3.51. The van der Waals surface area contributed by atoms with Crippen molar-refractivity contribution in [2.75, 3.05) is 0 Å². The number of hydrogen-bond acceptors (Lipinski definition) is 2. The average molecular weight is 418 g/mol. The van der Waals surface area contributed by atoms with Crippen molar-refractivity contribution < 1.29 is 4.39 Å². The van der Waals surface area contributed by atoms with Gasteiger partial charge in [0.2, 0.25) is 0 Å². The number of aromatic amines is 1. The van der Waals surface area contributed by atoms with E-state index in [1.54, 1.807) is 6.07 Å². The first-order valence-electron chi connectivity index (χ1n) is 8.49. The number of halogens is 2. The van der Waals surface area contributed by atoms with E-state index in [0.717, 1.165) is 43.2 Å². The Balaban J connectivity index is 1.82. The van der Waals surface area contributed by atoms with E-state index in [0.29, 0.717) is 5.82 Å². The van der Waals surface area contributed by atoms with Gasteiger partial charge in [-0.2, -0.15) is 0 Å². The lowest BCUT2D eigenvalue weighted by Crippen LogP contribution is -1.92. The maximum atomic E-state index is 13.9. The van der Waals surface area contributed by atoms with E-state index in [-0.39, 0.29) is 5.82 Å². The molecule has 0 fully saturated rings. The smallest absolute Gasteiger partial charge is 0.139 e. The maximum Gasteiger partial charge on any atom is 0.139 e. The summed E-state index contributed by atoms with van der Waals surface area (Å²) in [5.74, 6) is 0.405. The van der Waals surface area contributed by atoms with Crippen molar-refractivity contribution in [1.82, 2.24) is 15.0 Å². The molecule has 0 aliphatic carbocycles. The van der Waals surface area contributed by atoms with Gasteiger partial charge >= 0.3 is 0 Å². The molecular formula is C22H13BrFN3. The zero-order valence-electron chi connectivity index (χ0n) is 14.1. The molecule has 1 N–H and O–H groups in total. The molecule has 0 atom stereocenters. The minimum Gasteiger partial charge on any atom is -0.338 e. The van der Waals surface area contributed by atoms with Crippen molar-refractivity contribution in [3.8, 4) is 22.6 Å². The second-order valence-electron chi connectivity index (χ2n) is 6.33. The summed E-state index contributed by atoms with van der Waals surface area (Å²) in [4.78, 5) is 12.8. The Morgan fingerprint density at radius 1 is 0.815 bits per heavy atom. The molecule has 2 aromatic heterocycles. The molecule has 0 aliphatic rings. The molecule has 0 unspecified atom stereocenters. The third kappa shape index (κ3) is 2.90. The van der Waals surface area contributed by atoms with E-state index in [2.05, 4.69) is 20.9 Å².